The van der Waals surface area contributed by atoms with Crippen molar-refractivity contribution >= 4 is 12.1 Å². The summed E-state index contributed by atoms with van der Waals surface area (Å²) in [6.45, 7) is 0. The summed E-state index contributed by atoms with van der Waals surface area (Å²) in [5.74, 6) is -0.0988. The van der Waals surface area contributed by atoms with Crippen molar-refractivity contribution in [1.82, 2.24) is 5.32 Å². The van der Waals surface area contributed by atoms with Crippen molar-refractivity contribution in [3.63, 3.8) is 0 Å². The number of amides is 1. The van der Waals surface area contributed by atoms with Gasteiger partial charge in [0.1, 0.15) is 6.04 Å². The third-order valence-electron chi connectivity index (χ3n) is 3.09. The summed E-state index contributed by atoms with van der Waals surface area (Å²) in [4.78, 5) is 22.1. The molecule has 1 aliphatic heterocycles. The molecule has 0 bridgehead atoms. The summed E-state index contributed by atoms with van der Waals surface area (Å²) in [5, 5.41) is 2.59. The van der Waals surface area contributed by atoms with Gasteiger partial charge in [0.25, 0.3) is 0 Å². The van der Waals surface area contributed by atoms with E-state index in [1.165, 1.54) is 12.8 Å². The Morgan fingerprint density at radius 2 is 1.71 bits per heavy atom. The van der Waals surface area contributed by atoms with Crippen molar-refractivity contribution in [3.8, 4) is 0 Å². The molecule has 2 aliphatic rings. The number of nitrogens with one attached hydrogen (secondary N) is 1. The van der Waals surface area contributed by atoms with E-state index in [0.717, 1.165) is 25.7 Å². The van der Waals surface area contributed by atoms with Gasteiger partial charge in [0.05, 0.1) is 0 Å². The van der Waals surface area contributed by atoms with Crippen LogP contribution in [-0.4, -0.2) is 18.1 Å². The van der Waals surface area contributed by atoms with Crippen LogP contribution >= 0.6 is 0 Å². The fraction of sp³-hybridized carbons (Fsp3) is 0.800. The number of alkyl carbamates (subject to hydrolysis) is 1. The number of ether oxygens (including phenoxy) is 1. The largest absolute Gasteiger partial charge is 0.415 e. The van der Waals surface area contributed by atoms with Gasteiger partial charge in [-0.25, -0.2) is 9.59 Å². The third kappa shape index (κ3) is 1.89. The monoisotopic (exact) mass is 197 g/mol. The highest BCUT2D eigenvalue weighted by molar-refractivity contribution is 5.95. The average molecular weight is 197 g/mol. The van der Waals surface area contributed by atoms with Crippen LogP contribution in [0.25, 0.3) is 0 Å². The van der Waals surface area contributed by atoms with Gasteiger partial charge in [-0.05, 0) is 18.8 Å². The molecule has 0 spiro atoms. The van der Waals surface area contributed by atoms with E-state index in [1.54, 1.807) is 0 Å². The van der Waals surface area contributed by atoms with Crippen LogP contribution in [0, 0.1) is 5.92 Å². The van der Waals surface area contributed by atoms with Gasteiger partial charge < -0.3 is 10.1 Å². The lowest BCUT2D eigenvalue weighted by molar-refractivity contribution is -0.136. The smallest absolute Gasteiger partial charge is 0.375 e. The van der Waals surface area contributed by atoms with Gasteiger partial charge in [0, 0.05) is 0 Å². The van der Waals surface area contributed by atoms with Crippen LogP contribution in [0.2, 0.25) is 0 Å². The van der Waals surface area contributed by atoms with Crippen LogP contribution in [0.15, 0.2) is 0 Å². The number of hydrogen-bond donors (Lipinski definition) is 1. The van der Waals surface area contributed by atoms with Gasteiger partial charge in [-0.2, -0.15) is 0 Å². The van der Waals surface area contributed by atoms with Gasteiger partial charge in [-0.3, -0.25) is 0 Å². The Morgan fingerprint density at radius 3 is 2.21 bits per heavy atom. The zero-order chi connectivity index (χ0) is 9.97. The first-order valence-electron chi connectivity index (χ1n) is 5.29. The van der Waals surface area contributed by atoms with E-state index < -0.39 is 6.09 Å². The van der Waals surface area contributed by atoms with Crippen LogP contribution in [0.5, 0.6) is 0 Å². The highest BCUT2D eigenvalue weighted by Crippen LogP contribution is 2.27. The Bertz CT molecular complexity index is 244. The van der Waals surface area contributed by atoms with Gasteiger partial charge in [-0.15, -0.1) is 0 Å². The molecule has 78 valence electrons. The third-order valence-corrected chi connectivity index (χ3v) is 3.09. The maximum atomic E-state index is 11.3. The van der Waals surface area contributed by atoms with Crippen LogP contribution in [0.4, 0.5) is 4.79 Å². The van der Waals surface area contributed by atoms with E-state index in [2.05, 4.69) is 10.1 Å². The highest BCUT2D eigenvalue weighted by Gasteiger charge is 2.38. The Morgan fingerprint density at radius 1 is 1.07 bits per heavy atom. The first kappa shape index (κ1) is 9.49. The summed E-state index contributed by atoms with van der Waals surface area (Å²) < 4.78 is 4.48. The Balaban J connectivity index is 1.98. The van der Waals surface area contributed by atoms with Crippen molar-refractivity contribution in [1.29, 1.82) is 0 Å². The number of cyclic esters (lactones) is 2. The van der Waals surface area contributed by atoms with Gasteiger partial charge in [0.15, 0.2) is 0 Å². The second-order valence-electron chi connectivity index (χ2n) is 4.08. The molecule has 1 saturated heterocycles. The Kier molecular flexibility index (Phi) is 2.70. The van der Waals surface area contributed by atoms with Crippen molar-refractivity contribution < 1.29 is 14.3 Å². The standard InChI is InChI=1S/C10H15NO3/c12-9-8(11-10(13)14-9)7-5-3-1-2-4-6-7/h7-8H,1-6H2,(H,11,13)/t8-/m0/s1. The minimum Gasteiger partial charge on any atom is -0.375 e. The molecule has 4 nitrogen and oxygen atoms in total. The Labute approximate surface area is 83.0 Å². The van der Waals surface area contributed by atoms with Crippen LogP contribution < -0.4 is 5.32 Å². The molecule has 0 unspecified atom stereocenters. The van der Waals surface area contributed by atoms with E-state index in [4.69, 9.17) is 0 Å². The van der Waals surface area contributed by atoms with E-state index >= 15 is 0 Å². The SMILES string of the molecule is O=C1N[C@@H](C2CCCCCC2)C(=O)O1. The van der Waals surface area contributed by atoms with Gasteiger partial charge >= 0.3 is 12.1 Å². The molecule has 14 heavy (non-hydrogen) atoms. The normalized spacial score (nSPS) is 29.6. The molecule has 1 atom stereocenters. The molecule has 0 aromatic rings. The lowest BCUT2D eigenvalue weighted by atomic mass is 9.92. The van der Waals surface area contributed by atoms with Crippen molar-refractivity contribution in [2.75, 3.05) is 0 Å². The van der Waals surface area contributed by atoms with Crippen molar-refractivity contribution in [2.45, 2.75) is 44.6 Å². The van der Waals surface area contributed by atoms with Crippen molar-refractivity contribution in [3.05, 3.63) is 0 Å². The fourth-order valence-corrected chi connectivity index (χ4v) is 2.32. The molecule has 0 radical (unpaired) electrons. The summed E-state index contributed by atoms with van der Waals surface area (Å²) in [6.07, 6.45) is 6.27. The minimum atomic E-state index is -0.579. The number of carbonyl (C=O) groups is 2. The summed E-state index contributed by atoms with van der Waals surface area (Å²) in [5.41, 5.74) is 0. The minimum absolute atomic E-state index is 0.288. The molecule has 1 saturated carbocycles. The van der Waals surface area contributed by atoms with Crippen molar-refractivity contribution in [2.24, 2.45) is 5.92 Å². The summed E-state index contributed by atoms with van der Waals surface area (Å²) >= 11 is 0. The molecule has 1 N–H and O–H groups in total. The molecule has 4 heteroatoms. The lowest BCUT2D eigenvalue weighted by Gasteiger charge is -2.17. The number of esters is 1. The second kappa shape index (κ2) is 3.98. The summed E-state index contributed by atoms with van der Waals surface area (Å²) in [7, 11) is 0. The van der Waals surface area contributed by atoms with E-state index in [1.807, 2.05) is 0 Å². The van der Waals surface area contributed by atoms with E-state index in [0.29, 0.717) is 0 Å². The molecule has 1 heterocycles. The topological polar surface area (TPSA) is 55.4 Å². The quantitative estimate of drug-likeness (QED) is 0.394. The molecule has 2 fully saturated rings. The zero-order valence-corrected chi connectivity index (χ0v) is 8.12. The molecular weight excluding hydrogens is 182 g/mol. The molecule has 0 aromatic heterocycles. The first-order valence-corrected chi connectivity index (χ1v) is 5.29. The molecule has 2 rings (SSSR count). The zero-order valence-electron chi connectivity index (χ0n) is 8.12. The fourth-order valence-electron chi connectivity index (χ4n) is 2.32. The van der Waals surface area contributed by atoms with E-state index in [9.17, 15) is 9.59 Å². The molecule has 1 aliphatic carbocycles. The second-order valence-corrected chi connectivity index (χ2v) is 4.08. The number of carbonyl (C=O) groups excluding carboxylic acids is 2. The number of rotatable bonds is 1. The van der Waals surface area contributed by atoms with Crippen LogP contribution in [0.3, 0.4) is 0 Å². The molecular formula is C10H15NO3. The average Bonchev–Trinajstić information content (AvgIpc) is 2.43. The maximum absolute atomic E-state index is 11.3. The predicted molar refractivity (Wildman–Crippen MR) is 49.6 cm³/mol. The van der Waals surface area contributed by atoms with Gasteiger partial charge in [-0.1, -0.05) is 25.7 Å². The highest BCUT2D eigenvalue weighted by atomic mass is 16.6. The van der Waals surface area contributed by atoms with Gasteiger partial charge in [0.2, 0.25) is 0 Å². The lowest BCUT2D eigenvalue weighted by Crippen LogP contribution is -2.36. The molecule has 1 amide bonds. The first-order chi connectivity index (χ1) is 6.77. The van der Waals surface area contributed by atoms with Crippen LogP contribution in [0.1, 0.15) is 38.5 Å². The van der Waals surface area contributed by atoms with E-state index in [-0.39, 0.29) is 17.9 Å². The maximum Gasteiger partial charge on any atom is 0.415 e. The predicted octanol–water partition coefficient (Wildman–Crippen LogP) is 1.59. The number of hydrogen-bond acceptors (Lipinski definition) is 3. The molecule has 0 aromatic carbocycles. The Hall–Kier alpha value is -1.06. The van der Waals surface area contributed by atoms with Crippen LogP contribution in [-0.2, 0) is 9.53 Å². The summed E-state index contributed by atoms with van der Waals surface area (Å²) in [6, 6.07) is -0.374.